The van der Waals surface area contributed by atoms with Crippen LogP contribution in [-0.2, 0) is 4.79 Å². The summed E-state index contributed by atoms with van der Waals surface area (Å²) in [6, 6.07) is 7.21. The number of hydrogen-bond donors (Lipinski definition) is 3. The van der Waals surface area contributed by atoms with Crippen molar-refractivity contribution in [2.75, 3.05) is 32.9 Å². The van der Waals surface area contributed by atoms with Crippen LogP contribution < -0.4 is 30.0 Å². The molecule has 164 valence electrons. The topological polar surface area (TPSA) is 129 Å². The van der Waals surface area contributed by atoms with E-state index in [1.165, 1.54) is 14.2 Å². The molecule has 1 unspecified atom stereocenters. The number of aliphatic hydroxyl groups excluding tert-OH is 1. The van der Waals surface area contributed by atoms with Gasteiger partial charge in [0.15, 0.2) is 17.3 Å². The summed E-state index contributed by atoms with van der Waals surface area (Å²) >= 11 is 0. The monoisotopic (exact) mass is 428 g/mol. The predicted molar refractivity (Wildman–Crippen MR) is 114 cm³/mol. The average molecular weight is 428 g/mol. The molecule has 2 aromatic rings. The molecule has 0 saturated heterocycles. The van der Waals surface area contributed by atoms with Gasteiger partial charge in [-0.2, -0.15) is 0 Å². The van der Waals surface area contributed by atoms with Crippen LogP contribution in [0.1, 0.15) is 22.8 Å². The van der Waals surface area contributed by atoms with Crippen molar-refractivity contribution in [3.63, 3.8) is 0 Å². The lowest BCUT2D eigenvalue weighted by Gasteiger charge is -2.14. The lowest BCUT2D eigenvalue weighted by Crippen LogP contribution is -2.38. The number of methoxy groups -OCH3 is 2. The zero-order valence-electron chi connectivity index (χ0n) is 17.4. The van der Waals surface area contributed by atoms with Crippen LogP contribution in [0.15, 0.2) is 35.9 Å². The highest BCUT2D eigenvalue weighted by atomic mass is 16.7. The van der Waals surface area contributed by atoms with Gasteiger partial charge in [0.05, 0.1) is 26.5 Å². The molecule has 0 fully saturated rings. The highest BCUT2D eigenvalue weighted by Gasteiger charge is 2.23. The summed E-state index contributed by atoms with van der Waals surface area (Å²) in [4.78, 5) is 25.0. The number of fused-ring (bicyclic) bond motifs is 1. The molecule has 0 spiro atoms. The predicted octanol–water partition coefficient (Wildman–Crippen LogP) is 1.98. The summed E-state index contributed by atoms with van der Waals surface area (Å²) in [6.07, 6.45) is 1.68. The highest BCUT2D eigenvalue weighted by Crippen LogP contribution is 2.42. The van der Waals surface area contributed by atoms with Gasteiger partial charge in [-0.15, -0.1) is 0 Å². The average Bonchev–Trinajstić information content (AvgIpc) is 3.26. The van der Waals surface area contributed by atoms with Gasteiger partial charge in [0, 0.05) is 5.56 Å². The van der Waals surface area contributed by atoms with Crippen LogP contribution in [0.4, 0.5) is 5.69 Å². The van der Waals surface area contributed by atoms with Crippen molar-refractivity contribution in [1.82, 2.24) is 0 Å². The standard InChI is InChI=1S/C22H24N2O7/c1-12(20(26)14-8-18(29-3)21-19(9-14)30-11-31-21)6-13-4-5-17(28-2)16(7-13)24-22(27)15(23)10-25/h4-9,15,25H,10-11,23H2,1-3H3,(H,24,27). The Morgan fingerprint density at radius 2 is 1.94 bits per heavy atom. The number of ketones is 1. The Labute approximate surface area is 179 Å². The van der Waals surface area contributed by atoms with E-state index in [1.807, 2.05) is 0 Å². The van der Waals surface area contributed by atoms with Gasteiger partial charge in [-0.1, -0.05) is 6.07 Å². The number of amides is 1. The lowest BCUT2D eigenvalue weighted by molar-refractivity contribution is -0.118. The molecule has 9 heteroatoms. The van der Waals surface area contributed by atoms with Gasteiger partial charge >= 0.3 is 0 Å². The second kappa shape index (κ2) is 9.50. The summed E-state index contributed by atoms with van der Waals surface area (Å²) < 4.78 is 21.3. The third-order valence-electron chi connectivity index (χ3n) is 4.68. The van der Waals surface area contributed by atoms with Gasteiger partial charge in [-0.05, 0) is 48.4 Å². The minimum atomic E-state index is -1.06. The quantitative estimate of drug-likeness (QED) is 0.430. The maximum absolute atomic E-state index is 13.0. The number of hydrogen-bond acceptors (Lipinski definition) is 8. The van der Waals surface area contributed by atoms with Crippen molar-refractivity contribution in [3.05, 3.63) is 47.0 Å². The summed E-state index contributed by atoms with van der Waals surface area (Å²) in [7, 11) is 2.96. The van der Waals surface area contributed by atoms with Gasteiger partial charge in [-0.3, -0.25) is 9.59 Å². The second-order valence-corrected chi connectivity index (χ2v) is 6.81. The fourth-order valence-electron chi connectivity index (χ4n) is 3.03. The molecule has 0 radical (unpaired) electrons. The van der Waals surface area contributed by atoms with E-state index in [-0.39, 0.29) is 12.6 Å². The van der Waals surface area contributed by atoms with Crippen LogP contribution in [0.5, 0.6) is 23.0 Å². The smallest absolute Gasteiger partial charge is 0.243 e. The first kappa shape index (κ1) is 22.1. The molecule has 1 amide bonds. The molecule has 1 heterocycles. The Morgan fingerprint density at radius 3 is 2.61 bits per heavy atom. The Kier molecular flexibility index (Phi) is 6.78. The number of allylic oxidation sites excluding steroid dienone is 1. The molecular formula is C22H24N2O7. The summed E-state index contributed by atoms with van der Waals surface area (Å²) in [5.41, 5.74) is 7.43. The molecule has 9 nitrogen and oxygen atoms in total. The van der Waals surface area contributed by atoms with Gasteiger partial charge < -0.3 is 35.1 Å². The molecule has 0 bridgehead atoms. The van der Waals surface area contributed by atoms with Gasteiger partial charge in [-0.25, -0.2) is 0 Å². The number of carbonyl (C=O) groups is 2. The summed E-state index contributed by atoms with van der Waals surface area (Å²) in [6.45, 7) is 1.27. The van der Waals surface area contributed by atoms with E-state index < -0.39 is 18.6 Å². The molecule has 4 N–H and O–H groups in total. The van der Waals surface area contributed by atoms with Crippen molar-refractivity contribution in [3.8, 4) is 23.0 Å². The largest absolute Gasteiger partial charge is 0.495 e. The molecule has 31 heavy (non-hydrogen) atoms. The minimum absolute atomic E-state index is 0.0679. The molecule has 2 aromatic carbocycles. The minimum Gasteiger partial charge on any atom is -0.495 e. The number of carbonyl (C=O) groups excluding carboxylic acids is 2. The third kappa shape index (κ3) is 4.79. The van der Waals surface area contributed by atoms with Crippen LogP contribution in [0.3, 0.4) is 0 Å². The van der Waals surface area contributed by atoms with Gasteiger partial charge in [0.2, 0.25) is 18.4 Å². The molecule has 1 atom stereocenters. The van der Waals surface area contributed by atoms with Gasteiger partial charge in [0.25, 0.3) is 0 Å². The normalized spacial score (nSPS) is 13.5. The first-order valence-electron chi connectivity index (χ1n) is 9.44. The molecular weight excluding hydrogens is 404 g/mol. The van der Waals surface area contributed by atoms with Crippen LogP contribution in [0.2, 0.25) is 0 Å². The van der Waals surface area contributed by atoms with Crippen molar-refractivity contribution in [2.24, 2.45) is 5.73 Å². The molecule has 3 rings (SSSR count). The first-order chi connectivity index (χ1) is 14.9. The highest BCUT2D eigenvalue weighted by molar-refractivity contribution is 6.11. The van der Waals surface area contributed by atoms with E-state index in [4.69, 9.17) is 29.8 Å². The Bertz CT molecular complexity index is 1030. The lowest BCUT2D eigenvalue weighted by atomic mass is 10.0. The van der Waals surface area contributed by atoms with Crippen molar-refractivity contribution in [1.29, 1.82) is 0 Å². The number of benzene rings is 2. The number of Topliss-reactive ketones (excluding diaryl/α,β-unsaturated/α-hetero) is 1. The SMILES string of the molecule is COc1ccc(C=C(C)C(=O)c2cc(OC)c3c(c2)OCO3)cc1NC(=O)C(N)CO. The number of aliphatic hydroxyl groups is 1. The number of nitrogens with two attached hydrogens (primary N) is 1. The number of ether oxygens (including phenoxy) is 4. The molecule has 0 aliphatic carbocycles. The number of rotatable bonds is 8. The van der Waals surface area contributed by atoms with Crippen LogP contribution >= 0.6 is 0 Å². The van der Waals surface area contributed by atoms with Crippen molar-refractivity contribution in [2.45, 2.75) is 13.0 Å². The van der Waals surface area contributed by atoms with Crippen LogP contribution in [0.25, 0.3) is 6.08 Å². The van der Waals surface area contributed by atoms with Crippen molar-refractivity contribution >= 4 is 23.5 Å². The number of anilines is 1. The van der Waals surface area contributed by atoms with Crippen molar-refractivity contribution < 1.29 is 33.6 Å². The van der Waals surface area contributed by atoms with E-state index in [0.29, 0.717) is 45.4 Å². The van der Waals surface area contributed by atoms with Gasteiger partial charge in [0.1, 0.15) is 11.8 Å². The van der Waals surface area contributed by atoms with E-state index in [1.54, 1.807) is 43.3 Å². The zero-order chi connectivity index (χ0) is 22.5. The van der Waals surface area contributed by atoms with E-state index in [0.717, 1.165) is 0 Å². The second-order valence-electron chi connectivity index (χ2n) is 6.81. The maximum atomic E-state index is 13.0. The Hall–Kier alpha value is -3.56. The first-order valence-corrected chi connectivity index (χ1v) is 9.44. The molecule has 0 aromatic heterocycles. The fraction of sp³-hybridized carbons (Fsp3) is 0.273. The van der Waals surface area contributed by atoms with Crippen LogP contribution in [0, 0.1) is 0 Å². The van der Waals surface area contributed by atoms with Crippen LogP contribution in [-0.4, -0.2) is 50.5 Å². The number of nitrogens with one attached hydrogen (secondary N) is 1. The molecule has 0 saturated carbocycles. The third-order valence-corrected chi connectivity index (χ3v) is 4.68. The van der Waals surface area contributed by atoms with E-state index >= 15 is 0 Å². The molecule has 1 aliphatic heterocycles. The zero-order valence-corrected chi connectivity index (χ0v) is 17.4. The van der Waals surface area contributed by atoms with E-state index in [2.05, 4.69) is 5.32 Å². The van der Waals surface area contributed by atoms with E-state index in [9.17, 15) is 9.59 Å². The summed E-state index contributed by atoms with van der Waals surface area (Å²) in [5.74, 6) is 0.978. The fourth-order valence-corrected chi connectivity index (χ4v) is 3.03. The summed E-state index contributed by atoms with van der Waals surface area (Å²) in [5, 5.41) is 11.7. The Balaban J connectivity index is 1.88. The maximum Gasteiger partial charge on any atom is 0.243 e. The molecule has 1 aliphatic rings. The Morgan fingerprint density at radius 1 is 1.19 bits per heavy atom.